The normalized spacial score (nSPS) is 9.88. The van der Waals surface area contributed by atoms with Crippen LogP contribution < -0.4 is 20.7 Å². The number of ether oxygens (including phenoxy) is 1. The van der Waals surface area contributed by atoms with Crippen LogP contribution in [0.3, 0.4) is 0 Å². The average molecular weight is 327 g/mol. The summed E-state index contributed by atoms with van der Waals surface area (Å²) < 4.78 is 5.23. The number of carbonyl (C=O) groups excluding carboxylic acids is 2. The first-order valence-electron chi connectivity index (χ1n) is 7.67. The summed E-state index contributed by atoms with van der Waals surface area (Å²) in [5, 5.41) is 8.19. The maximum atomic E-state index is 11.8. The standard InChI is InChI=1S/C18H21N3O3/c1-24-16-10-6-5-9-15(16)13-21-18(23)20-12-11-19-17(22)14-7-3-2-4-8-14/h2-10H,11-13H2,1H3,(H,19,22)(H2,20,21,23). The van der Waals surface area contributed by atoms with Crippen molar-refractivity contribution < 1.29 is 14.3 Å². The van der Waals surface area contributed by atoms with Crippen LogP contribution in [-0.2, 0) is 6.54 Å². The van der Waals surface area contributed by atoms with E-state index in [1.807, 2.05) is 30.3 Å². The molecule has 0 spiro atoms. The predicted molar refractivity (Wildman–Crippen MR) is 92.0 cm³/mol. The Morgan fingerprint density at radius 2 is 1.54 bits per heavy atom. The van der Waals surface area contributed by atoms with E-state index in [1.165, 1.54) is 0 Å². The fraction of sp³-hybridized carbons (Fsp3) is 0.222. The van der Waals surface area contributed by atoms with Gasteiger partial charge in [0.25, 0.3) is 5.91 Å². The SMILES string of the molecule is COc1ccccc1CNC(=O)NCCNC(=O)c1ccccc1. The van der Waals surface area contributed by atoms with E-state index in [2.05, 4.69) is 16.0 Å². The summed E-state index contributed by atoms with van der Waals surface area (Å²) in [6.07, 6.45) is 0. The number of hydrogen-bond donors (Lipinski definition) is 3. The molecular formula is C18H21N3O3. The number of amides is 3. The zero-order chi connectivity index (χ0) is 17.2. The molecule has 0 atom stereocenters. The van der Waals surface area contributed by atoms with Gasteiger partial charge in [-0.3, -0.25) is 4.79 Å². The molecule has 6 nitrogen and oxygen atoms in total. The Kier molecular flexibility index (Phi) is 6.64. The molecule has 3 amide bonds. The highest BCUT2D eigenvalue weighted by Crippen LogP contribution is 2.16. The summed E-state index contributed by atoms with van der Waals surface area (Å²) in [5.41, 5.74) is 1.49. The third-order valence-electron chi connectivity index (χ3n) is 3.36. The minimum Gasteiger partial charge on any atom is -0.496 e. The van der Waals surface area contributed by atoms with Gasteiger partial charge in [-0.1, -0.05) is 36.4 Å². The van der Waals surface area contributed by atoms with Crippen LogP contribution in [0.4, 0.5) is 4.79 Å². The van der Waals surface area contributed by atoms with Crippen LogP contribution >= 0.6 is 0 Å². The molecule has 0 aliphatic rings. The number of para-hydroxylation sites is 1. The van der Waals surface area contributed by atoms with Gasteiger partial charge in [-0.25, -0.2) is 4.79 Å². The lowest BCUT2D eigenvalue weighted by molar-refractivity contribution is 0.0954. The summed E-state index contributed by atoms with van der Waals surface area (Å²) in [5.74, 6) is 0.569. The molecule has 0 aliphatic carbocycles. The molecule has 0 aromatic heterocycles. The fourth-order valence-corrected chi connectivity index (χ4v) is 2.13. The van der Waals surface area contributed by atoms with Gasteiger partial charge in [-0.2, -0.15) is 0 Å². The van der Waals surface area contributed by atoms with Gasteiger partial charge in [0, 0.05) is 30.8 Å². The number of rotatable bonds is 7. The van der Waals surface area contributed by atoms with Crippen molar-refractivity contribution >= 4 is 11.9 Å². The lowest BCUT2D eigenvalue weighted by atomic mass is 10.2. The lowest BCUT2D eigenvalue weighted by Gasteiger charge is -2.11. The topological polar surface area (TPSA) is 79.5 Å². The molecule has 0 fully saturated rings. The number of nitrogens with one attached hydrogen (secondary N) is 3. The van der Waals surface area contributed by atoms with Crippen molar-refractivity contribution in [3.63, 3.8) is 0 Å². The highest BCUT2D eigenvalue weighted by molar-refractivity contribution is 5.94. The van der Waals surface area contributed by atoms with Crippen molar-refractivity contribution in [2.24, 2.45) is 0 Å². The third-order valence-corrected chi connectivity index (χ3v) is 3.36. The van der Waals surface area contributed by atoms with Gasteiger partial charge in [0.05, 0.1) is 7.11 Å². The predicted octanol–water partition coefficient (Wildman–Crippen LogP) is 1.92. The zero-order valence-corrected chi connectivity index (χ0v) is 13.5. The summed E-state index contributed by atoms with van der Waals surface area (Å²) in [4.78, 5) is 23.6. The van der Waals surface area contributed by atoms with Gasteiger partial charge in [0.2, 0.25) is 0 Å². The van der Waals surface area contributed by atoms with E-state index in [-0.39, 0.29) is 11.9 Å². The molecule has 126 valence electrons. The van der Waals surface area contributed by atoms with Gasteiger partial charge >= 0.3 is 6.03 Å². The molecular weight excluding hydrogens is 306 g/mol. The number of benzene rings is 2. The van der Waals surface area contributed by atoms with E-state index in [4.69, 9.17) is 4.74 Å². The second-order valence-corrected chi connectivity index (χ2v) is 5.04. The zero-order valence-electron chi connectivity index (χ0n) is 13.5. The first kappa shape index (κ1) is 17.3. The van der Waals surface area contributed by atoms with Crippen LogP contribution in [0.5, 0.6) is 5.75 Å². The molecule has 0 saturated carbocycles. The lowest BCUT2D eigenvalue weighted by Crippen LogP contribution is -2.40. The minimum absolute atomic E-state index is 0.160. The van der Waals surface area contributed by atoms with Crippen LogP contribution in [0, 0.1) is 0 Å². The largest absolute Gasteiger partial charge is 0.496 e. The highest BCUT2D eigenvalue weighted by Gasteiger charge is 2.05. The Hall–Kier alpha value is -3.02. The molecule has 2 aromatic carbocycles. The highest BCUT2D eigenvalue weighted by atomic mass is 16.5. The van der Waals surface area contributed by atoms with E-state index >= 15 is 0 Å². The molecule has 0 radical (unpaired) electrons. The monoisotopic (exact) mass is 327 g/mol. The van der Waals surface area contributed by atoms with E-state index in [9.17, 15) is 9.59 Å². The van der Waals surface area contributed by atoms with Crippen molar-refractivity contribution in [3.05, 3.63) is 65.7 Å². The summed E-state index contributed by atoms with van der Waals surface area (Å²) in [6.45, 7) is 1.07. The molecule has 0 unspecified atom stereocenters. The summed E-state index contributed by atoms with van der Waals surface area (Å²) >= 11 is 0. The van der Waals surface area contributed by atoms with Crippen LogP contribution in [0.15, 0.2) is 54.6 Å². The Morgan fingerprint density at radius 3 is 2.29 bits per heavy atom. The van der Waals surface area contributed by atoms with Gasteiger partial charge in [0.15, 0.2) is 0 Å². The Labute approximate surface area is 141 Å². The van der Waals surface area contributed by atoms with Crippen molar-refractivity contribution in [1.82, 2.24) is 16.0 Å². The van der Waals surface area contributed by atoms with Crippen LogP contribution in [0.25, 0.3) is 0 Å². The van der Waals surface area contributed by atoms with Crippen LogP contribution in [0.2, 0.25) is 0 Å². The second-order valence-electron chi connectivity index (χ2n) is 5.04. The maximum absolute atomic E-state index is 11.8. The van der Waals surface area contributed by atoms with E-state index in [0.717, 1.165) is 11.3 Å². The first-order chi connectivity index (χ1) is 11.7. The summed E-state index contributed by atoms with van der Waals surface area (Å²) in [6, 6.07) is 16.1. The third kappa shape index (κ3) is 5.31. The Morgan fingerprint density at radius 1 is 0.875 bits per heavy atom. The van der Waals surface area contributed by atoms with Crippen LogP contribution in [0.1, 0.15) is 15.9 Å². The molecule has 0 heterocycles. The van der Waals surface area contributed by atoms with E-state index < -0.39 is 0 Å². The van der Waals surface area contributed by atoms with Crippen molar-refractivity contribution in [2.45, 2.75) is 6.54 Å². The van der Waals surface area contributed by atoms with Crippen LogP contribution in [-0.4, -0.2) is 32.1 Å². The molecule has 24 heavy (non-hydrogen) atoms. The van der Waals surface area contributed by atoms with Crippen molar-refractivity contribution in [2.75, 3.05) is 20.2 Å². The van der Waals surface area contributed by atoms with Gasteiger partial charge in [0.1, 0.15) is 5.75 Å². The first-order valence-corrected chi connectivity index (χ1v) is 7.67. The molecule has 2 aromatic rings. The van der Waals surface area contributed by atoms with E-state index in [1.54, 1.807) is 31.4 Å². The molecule has 0 bridgehead atoms. The molecule has 3 N–H and O–H groups in total. The Bertz CT molecular complexity index is 674. The van der Waals surface area contributed by atoms with Gasteiger partial charge < -0.3 is 20.7 Å². The summed E-state index contributed by atoms with van der Waals surface area (Å²) in [7, 11) is 1.59. The fourth-order valence-electron chi connectivity index (χ4n) is 2.13. The van der Waals surface area contributed by atoms with E-state index in [0.29, 0.717) is 25.2 Å². The minimum atomic E-state index is -0.296. The number of hydrogen-bond acceptors (Lipinski definition) is 3. The maximum Gasteiger partial charge on any atom is 0.315 e. The van der Waals surface area contributed by atoms with Crippen molar-refractivity contribution in [1.29, 1.82) is 0 Å². The average Bonchev–Trinajstić information content (AvgIpc) is 2.64. The molecule has 2 rings (SSSR count). The molecule has 0 saturated heterocycles. The molecule has 6 heteroatoms. The number of urea groups is 1. The Balaban J connectivity index is 1.66. The number of carbonyl (C=O) groups is 2. The number of methoxy groups -OCH3 is 1. The molecule has 0 aliphatic heterocycles. The quantitative estimate of drug-likeness (QED) is 0.680. The second kappa shape index (κ2) is 9.19. The smallest absolute Gasteiger partial charge is 0.315 e. The van der Waals surface area contributed by atoms with Gasteiger partial charge in [-0.05, 0) is 18.2 Å². The van der Waals surface area contributed by atoms with Gasteiger partial charge in [-0.15, -0.1) is 0 Å². The van der Waals surface area contributed by atoms with Crippen molar-refractivity contribution in [3.8, 4) is 5.75 Å².